The largest absolute Gasteiger partial charge is 0.0610 e. The van der Waals surface area contributed by atoms with Crippen LogP contribution in [0, 0.1) is 0 Å². The molecule has 0 nitrogen and oxygen atoms in total. The van der Waals surface area contributed by atoms with E-state index < -0.39 is 0 Å². The molecular formula is C24H16. The summed E-state index contributed by atoms with van der Waals surface area (Å²) in [5.74, 6) is 0. The van der Waals surface area contributed by atoms with Crippen molar-refractivity contribution in [2.24, 2.45) is 0 Å². The number of benzene rings is 2. The van der Waals surface area contributed by atoms with E-state index in [-0.39, 0.29) is 0 Å². The lowest BCUT2D eigenvalue weighted by atomic mass is 10.1. The summed E-state index contributed by atoms with van der Waals surface area (Å²) < 4.78 is 0. The maximum Gasteiger partial charge on any atom is -0.0105 e. The maximum atomic E-state index is 2.24. The van der Waals surface area contributed by atoms with Crippen LogP contribution in [0.3, 0.4) is 0 Å². The summed E-state index contributed by atoms with van der Waals surface area (Å²) in [5, 5.41) is 5.43. The first-order valence-corrected chi connectivity index (χ1v) is 8.29. The first-order chi connectivity index (χ1) is 11.9. The molecule has 0 radical (unpaired) electrons. The molecule has 0 bridgehead atoms. The van der Waals surface area contributed by atoms with Crippen molar-refractivity contribution in [3.63, 3.8) is 0 Å². The number of fused-ring (bicyclic) bond motifs is 5. The second kappa shape index (κ2) is 5.21. The maximum absolute atomic E-state index is 2.24. The second-order valence-electron chi connectivity index (χ2n) is 6.28. The van der Waals surface area contributed by atoms with Crippen molar-refractivity contribution >= 4 is 48.6 Å². The smallest absolute Gasteiger partial charge is 0.0105 e. The lowest BCUT2D eigenvalue weighted by molar-refractivity contribution is 1.49. The second-order valence-corrected chi connectivity index (χ2v) is 6.28. The molecule has 0 fully saturated rings. The summed E-state index contributed by atoms with van der Waals surface area (Å²) in [4.78, 5) is 0. The van der Waals surface area contributed by atoms with Crippen LogP contribution >= 0.6 is 0 Å². The molecule has 0 amide bonds. The van der Waals surface area contributed by atoms with Crippen molar-refractivity contribution in [1.82, 2.24) is 0 Å². The van der Waals surface area contributed by atoms with Gasteiger partial charge in [-0.2, -0.15) is 0 Å². The Morgan fingerprint density at radius 3 is 1.33 bits per heavy atom. The molecule has 2 aromatic carbocycles. The molecule has 0 aromatic heterocycles. The van der Waals surface area contributed by atoms with E-state index in [1.165, 1.54) is 43.1 Å². The highest BCUT2D eigenvalue weighted by atomic mass is 14.1. The monoisotopic (exact) mass is 304 g/mol. The van der Waals surface area contributed by atoms with E-state index in [1.807, 2.05) is 0 Å². The third-order valence-electron chi connectivity index (χ3n) is 4.82. The van der Waals surface area contributed by atoms with Crippen LogP contribution < -0.4 is 20.9 Å². The van der Waals surface area contributed by atoms with E-state index in [4.69, 9.17) is 0 Å². The van der Waals surface area contributed by atoms with Crippen LogP contribution in [0.15, 0.2) is 48.6 Å². The van der Waals surface area contributed by atoms with Gasteiger partial charge in [-0.05, 0) is 55.3 Å². The lowest BCUT2D eigenvalue weighted by Gasteiger charge is -1.94. The summed E-state index contributed by atoms with van der Waals surface area (Å²) in [6.45, 7) is 0. The van der Waals surface area contributed by atoms with E-state index in [1.54, 1.807) is 0 Å². The van der Waals surface area contributed by atoms with Crippen LogP contribution in [-0.4, -0.2) is 0 Å². The Hall–Kier alpha value is -3.12. The van der Waals surface area contributed by atoms with Gasteiger partial charge in [-0.3, -0.25) is 0 Å². The molecule has 0 N–H and O–H groups in total. The van der Waals surface area contributed by atoms with E-state index in [0.717, 1.165) is 0 Å². The molecule has 0 heteroatoms. The van der Waals surface area contributed by atoms with Crippen molar-refractivity contribution in [3.8, 4) is 0 Å². The summed E-state index contributed by atoms with van der Waals surface area (Å²) in [7, 11) is 0. The van der Waals surface area contributed by atoms with Gasteiger partial charge in [-0.15, -0.1) is 0 Å². The minimum atomic E-state index is 1.34. The Balaban J connectivity index is 0.000000109. The van der Waals surface area contributed by atoms with E-state index in [2.05, 4.69) is 97.2 Å². The summed E-state index contributed by atoms with van der Waals surface area (Å²) in [6.07, 6.45) is 25.7. The number of allylic oxidation sites excluding steroid dienone is 4. The average Bonchev–Trinajstić information content (AvgIpc) is 3.36. The molecule has 4 aliphatic carbocycles. The first kappa shape index (κ1) is 13.3. The van der Waals surface area contributed by atoms with Crippen LogP contribution in [0.2, 0.25) is 0 Å². The van der Waals surface area contributed by atoms with Gasteiger partial charge in [0.2, 0.25) is 0 Å². The van der Waals surface area contributed by atoms with Crippen molar-refractivity contribution in [1.29, 1.82) is 0 Å². The van der Waals surface area contributed by atoms with Gasteiger partial charge in [-0.25, -0.2) is 0 Å². The van der Waals surface area contributed by atoms with Gasteiger partial charge in [0.1, 0.15) is 0 Å². The zero-order valence-electron chi connectivity index (χ0n) is 13.2. The van der Waals surface area contributed by atoms with Crippen molar-refractivity contribution < 1.29 is 0 Å². The number of hydrogen-bond donors (Lipinski definition) is 0. The van der Waals surface area contributed by atoms with E-state index in [0.29, 0.717) is 0 Å². The fraction of sp³-hybridized carbons (Fsp3) is 0. The normalized spacial score (nSPS) is 15.3. The first-order valence-electron chi connectivity index (χ1n) is 8.29. The van der Waals surface area contributed by atoms with Gasteiger partial charge in [0, 0.05) is 0 Å². The molecule has 0 atom stereocenters. The Kier molecular flexibility index (Phi) is 2.89. The van der Waals surface area contributed by atoms with Crippen molar-refractivity contribution in [3.05, 3.63) is 91.7 Å². The summed E-state index contributed by atoms with van der Waals surface area (Å²) in [6, 6.07) is 8.84. The number of rotatable bonds is 0. The SMILES string of the molecule is C1=Cc2cc3c(cc2=C1)C=CC=3.C1=Cc2ccc3c(c2=C1)=CC=C3. The zero-order chi connectivity index (χ0) is 15.9. The molecular weight excluding hydrogens is 288 g/mol. The Labute approximate surface area is 140 Å². The van der Waals surface area contributed by atoms with Crippen LogP contribution in [-0.2, 0) is 0 Å². The zero-order valence-corrected chi connectivity index (χ0v) is 13.2. The quantitative estimate of drug-likeness (QED) is 0.702. The highest BCUT2D eigenvalue weighted by molar-refractivity contribution is 5.74. The predicted octanol–water partition coefficient (Wildman–Crippen LogP) is 2.60. The van der Waals surface area contributed by atoms with E-state index >= 15 is 0 Å². The number of hydrogen-bond acceptors (Lipinski definition) is 0. The minimum absolute atomic E-state index is 1.34. The molecule has 6 rings (SSSR count). The van der Waals surface area contributed by atoms with E-state index in [9.17, 15) is 0 Å². The summed E-state index contributed by atoms with van der Waals surface area (Å²) in [5.41, 5.74) is 5.37. The van der Waals surface area contributed by atoms with Gasteiger partial charge in [0.05, 0.1) is 0 Å². The molecule has 0 heterocycles. The van der Waals surface area contributed by atoms with Gasteiger partial charge in [-0.1, -0.05) is 85.0 Å². The molecule has 0 aliphatic heterocycles. The highest BCUT2D eigenvalue weighted by Crippen LogP contribution is 2.06. The molecule has 24 heavy (non-hydrogen) atoms. The molecule has 0 spiro atoms. The lowest BCUT2D eigenvalue weighted by Crippen LogP contribution is -2.26. The fourth-order valence-electron chi connectivity index (χ4n) is 3.59. The van der Waals surface area contributed by atoms with Crippen molar-refractivity contribution in [2.75, 3.05) is 0 Å². The fourth-order valence-corrected chi connectivity index (χ4v) is 3.59. The van der Waals surface area contributed by atoms with Gasteiger partial charge < -0.3 is 0 Å². The van der Waals surface area contributed by atoms with Crippen LogP contribution in [0.1, 0.15) is 22.3 Å². The molecule has 4 aliphatic rings. The van der Waals surface area contributed by atoms with Gasteiger partial charge >= 0.3 is 0 Å². The minimum Gasteiger partial charge on any atom is -0.0610 e. The average molecular weight is 304 g/mol. The molecule has 0 saturated carbocycles. The standard InChI is InChI=1S/2C12H8/c1-3-9-7-8-10-4-2-6-12(10)11(9)5-1;1-3-9-7-11-5-2-6-12(11)8-10(9)4-1/h2*1-8H. The Bertz CT molecular complexity index is 1130. The van der Waals surface area contributed by atoms with Crippen LogP contribution in [0.25, 0.3) is 48.6 Å². The van der Waals surface area contributed by atoms with Gasteiger partial charge in [0.15, 0.2) is 0 Å². The predicted molar refractivity (Wildman–Crippen MR) is 105 cm³/mol. The Morgan fingerprint density at radius 1 is 0.417 bits per heavy atom. The molecule has 112 valence electrons. The third kappa shape index (κ3) is 2.08. The molecule has 0 saturated heterocycles. The highest BCUT2D eigenvalue weighted by Gasteiger charge is 2.03. The van der Waals surface area contributed by atoms with Gasteiger partial charge in [0.25, 0.3) is 0 Å². The van der Waals surface area contributed by atoms with Crippen LogP contribution in [0.5, 0.6) is 0 Å². The molecule has 2 aromatic rings. The molecule has 0 unspecified atom stereocenters. The van der Waals surface area contributed by atoms with Crippen molar-refractivity contribution in [2.45, 2.75) is 0 Å². The Morgan fingerprint density at radius 2 is 0.833 bits per heavy atom. The summed E-state index contributed by atoms with van der Waals surface area (Å²) >= 11 is 0. The third-order valence-corrected chi connectivity index (χ3v) is 4.82. The van der Waals surface area contributed by atoms with Crippen LogP contribution in [0.4, 0.5) is 0 Å². The topological polar surface area (TPSA) is 0 Å².